The molecule has 1 aliphatic heterocycles. The third-order valence-corrected chi connectivity index (χ3v) is 11.8. The molecule has 6 atom stereocenters. The zero-order chi connectivity index (χ0) is 44.8. The van der Waals surface area contributed by atoms with Gasteiger partial charge in [0.25, 0.3) is 0 Å². The van der Waals surface area contributed by atoms with Crippen LogP contribution in [0.4, 0.5) is 0 Å². The Morgan fingerprint density at radius 3 is 1.68 bits per heavy atom. The van der Waals surface area contributed by atoms with E-state index in [2.05, 4.69) is 48.6 Å². The maximum absolute atomic E-state index is 13.6. The van der Waals surface area contributed by atoms with Gasteiger partial charge in [0, 0.05) is 12.8 Å². The van der Waals surface area contributed by atoms with Gasteiger partial charge in [-0.3, -0.25) is 18.6 Å². The molecule has 1 unspecified atom stereocenters. The van der Waals surface area contributed by atoms with Gasteiger partial charge in [0.15, 0.2) is 12.4 Å². The molecule has 3 N–H and O–H groups in total. The molecular formula is C48H74NNaO12S. The molecule has 2 aromatic carbocycles. The van der Waals surface area contributed by atoms with E-state index >= 15 is 0 Å². The van der Waals surface area contributed by atoms with Crippen LogP contribution in [0.15, 0.2) is 60.7 Å². The number of hydrogen-bond acceptors (Lipinski definition) is 12. The van der Waals surface area contributed by atoms with Crippen LogP contribution in [0.25, 0.3) is 0 Å². The van der Waals surface area contributed by atoms with Gasteiger partial charge in [0.05, 0.1) is 13.0 Å². The second kappa shape index (κ2) is 34.0. The van der Waals surface area contributed by atoms with Crippen molar-refractivity contribution in [3.8, 4) is 0 Å². The molecule has 1 fully saturated rings. The molecule has 3 rings (SSSR count). The summed E-state index contributed by atoms with van der Waals surface area (Å²) in [6, 6.07) is 19.1. The normalized spacial score (nSPS) is 19.1. The Hall–Kier alpha value is -2.40. The first-order valence-corrected chi connectivity index (χ1v) is 24.7. The van der Waals surface area contributed by atoms with Crippen LogP contribution >= 0.6 is 0 Å². The second-order valence-electron chi connectivity index (χ2n) is 16.7. The van der Waals surface area contributed by atoms with Crippen LogP contribution in [-0.2, 0) is 56.0 Å². The second-order valence-corrected chi connectivity index (χ2v) is 17.7. The maximum atomic E-state index is 13.6. The van der Waals surface area contributed by atoms with Crippen LogP contribution in [-0.4, -0.2) is 84.4 Å². The number of unbranched alkanes of at least 4 members (excludes halogenated alkanes) is 16. The number of nitrogens with one attached hydrogen (secondary N) is 1. The Balaban J connectivity index is 0.0000137. The van der Waals surface area contributed by atoms with E-state index in [-0.39, 0.29) is 48.8 Å². The zero-order valence-electron chi connectivity index (χ0n) is 38.0. The topological polar surface area (TPSA) is 198 Å². The monoisotopic (exact) mass is 911 g/mol. The van der Waals surface area contributed by atoms with E-state index in [0.29, 0.717) is 19.3 Å². The first-order valence-electron chi connectivity index (χ1n) is 23.3. The van der Waals surface area contributed by atoms with Gasteiger partial charge in [0.2, 0.25) is 16.3 Å². The standard InChI is InChI=1S/C48H75NO12S.Na/c1-2-3-4-5-6-13-24-33-40(58-43(52)34-25-14-9-7-11-18-27-38-29-20-16-21-30-38)36-42(51)49-45-47(46(61-62(55,56)57)41(37-50)59-48(45)54)60-44(53)35-26-15-10-8-12-19-28-39-31-22-17-23-32-39;/h16-17,20-23,29-32,40-41,45-48,50,54H,2-15,18-19,24-28,33-37H2,1H3,(H,49,51)(H,55,56,57);/q;+1/p-1/t40-,41+,45+,46+,47+,48?;/m0./s1. The minimum atomic E-state index is -5.42. The molecule has 1 aliphatic rings. The van der Waals surface area contributed by atoms with Crippen molar-refractivity contribution >= 4 is 28.2 Å². The summed E-state index contributed by atoms with van der Waals surface area (Å²) in [5.41, 5.74) is 2.63. The third kappa shape index (κ3) is 25.8. The minimum absolute atomic E-state index is 0. The summed E-state index contributed by atoms with van der Waals surface area (Å²) in [7, 11) is -5.42. The molecule has 15 heteroatoms. The Morgan fingerprint density at radius 1 is 0.698 bits per heavy atom. The Bertz CT molecular complexity index is 1620. The summed E-state index contributed by atoms with van der Waals surface area (Å²) < 4.78 is 57.0. The fourth-order valence-electron chi connectivity index (χ4n) is 7.95. The van der Waals surface area contributed by atoms with E-state index < -0.39 is 71.6 Å². The molecule has 0 aliphatic carbocycles. The molecule has 350 valence electrons. The minimum Gasteiger partial charge on any atom is -0.726 e. The predicted octanol–water partition coefficient (Wildman–Crippen LogP) is 5.33. The number of carbonyl (C=O) groups is 3. The molecule has 13 nitrogen and oxygen atoms in total. The van der Waals surface area contributed by atoms with Gasteiger partial charge in [-0.1, -0.05) is 157 Å². The third-order valence-electron chi connectivity index (χ3n) is 11.4. The van der Waals surface area contributed by atoms with Gasteiger partial charge in [0.1, 0.15) is 24.4 Å². The van der Waals surface area contributed by atoms with Crippen LogP contribution in [0.5, 0.6) is 0 Å². The van der Waals surface area contributed by atoms with E-state index in [1.54, 1.807) is 0 Å². The van der Waals surface area contributed by atoms with Crippen LogP contribution < -0.4 is 34.9 Å². The van der Waals surface area contributed by atoms with Crippen LogP contribution in [0, 0.1) is 0 Å². The molecule has 2 aromatic rings. The number of aliphatic hydroxyl groups is 2. The molecular weight excluding hydrogens is 838 g/mol. The van der Waals surface area contributed by atoms with Crippen molar-refractivity contribution in [2.45, 2.75) is 204 Å². The number of amides is 1. The van der Waals surface area contributed by atoms with Crippen molar-refractivity contribution in [1.82, 2.24) is 5.32 Å². The van der Waals surface area contributed by atoms with Crippen molar-refractivity contribution in [3.63, 3.8) is 0 Å². The summed E-state index contributed by atoms with van der Waals surface area (Å²) in [4.78, 5) is 39.8. The van der Waals surface area contributed by atoms with Gasteiger partial charge in [-0.15, -0.1) is 0 Å². The van der Waals surface area contributed by atoms with Crippen LogP contribution in [0.2, 0.25) is 0 Å². The quantitative estimate of drug-likeness (QED) is 0.0269. The number of aryl methyl sites for hydroxylation is 2. The number of benzene rings is 2. The molecule has 1 amide bonds. The molecule has 0 radical (unpaired) electrons. The smallest absolute Gasteiger partial charge is 0.726 e. The van der Waals surface area contributed by atoms with Crippen molar-refractivity contribution in [1.29, 1.82) is 0 Å². The maximum Gasteiger partial charge on any atom is 1.00 e. The molecule has 1 heterocycles. The fourth-order valence-corrected chi connectivity index (χ4v) is 8.46. The largest absolute Gasteiger partial charge is 1.00 e. The molecule has 1 saturated heterocycles. The van der Waals surface area contributed by atoms with Crippen molar-refractivity contribution in [3.05, 3.63) is 71.8 Å². The van der Waals surface area contributed by atoms with Gasteiger partial charge in [-0.25, -0.2) is 8.42 Å². The number of carbonyl (C=O) groups excluding carboxylic acids is 3. The van der Waals surface area contributed by atoms with E-state index in [0.717, 1.165) is 116 Å². The van der Waals surface area contributed by atoms with E-state index in [4.69, 9.17) is 18.4 Å². The zero-order valence-corrected chi connectivity index (χ0v) is 40.8. The van der Waals surface area contributed by atoms with Gasteiger partial charge < -0.3 is 34.3 Å². The van der Waals surface area contributed by atoms with Crippen molar-refractivity contribution in [2.75, 3.05) is 6.61 Å². The first-order chi connectivity index (χ1) is 30.0. The first kappa shape index (κ1) is 56.7. The van der Waals surface area contributed by atoms with E-state index in [1.165, 1.54) is 17.5 Å². The number of ether oxygens (including phenoxy) is 3. The van der Waals surface area contributed by atoms with Crippen LogP contribution in [0.3, 0.4) is 0 Å². The number of aliphatic hydroxyl groups excluding tert-OH is 2. The fraction of sp³-hybridized carbons (Fsp3) is 0.688. The Kier molecular flexibility index (Phi) is 30.6. The summed E-state index contributed by atoms with van der Waals surface area (Å²) in [5, 5.41) is 23.5. The van der Waals surface area contributed by atoms with E-state index in [9.17, 15) is 37.6 Å². The van der Waals surface area contributed by atoms with Crippen molar-refractivity contribution < 1.29 is 85.5 Å². The summed E-state index contributed by atoms with van der Waals surface area (Å²) >= 11 is 0. The summed E-state index contributed by atoms with van der Waals surface area (Å²) in [5.74, 6) is -1.86. The van der Waals surface area contributed by atoms with Crippen molar-refractivity contribution in [2.24, 2.45) is 0 Å². The summed E-state index contributed by atoms with van der Waals surface area (Å²) in [6.07, 6.45) is 12.8. The Labute approximate surface area is 399 Å². The van der Waals surface area contributed by atoms with Gasteiger partial charge in [-0.05, 0) is 62.5 Å². The van der Waals surface area contributed by atoms with Gasteiger partial charge >= 0.3 is 41.5 Å². The number of esters is 2. The molecule has 0 spiro atoms. The SMILES string of the molecule is CCCCCCCCC[C@@H](CC(=O)N[C@H]1C(O)O[C@H](CO)[C@@H](OS(=O)(=O)[O-])[C@@H]1OC(=O)CCCCCCCCc1ccccc1)OC(=O)CCCCCCCCc1ccccc1.[Na+]. The van der Waals surface area contributed by atoms with Gasteiger partial charge in [-0.2, -0.15) is 0 Å². The summed E-state index contributed by atoms with van der Waals surface area (Å²) in [6.45, 7) is 1.27. The molecule has 0 saturated carbocycles. The molecule has 63 heavy (non-hydrogen) atoms. The molecule has 0 aromatic heterocycles. The molecule has 0 bridgehead atoms. The average Bonchev–Trinajstić information content (AvgIpc) is 3.24. The van der Waals surface area contributed by atoms with E-state index in [1.807, 2.05) is 24.3 Å². The number of rotatable bonds is 34. The predicted molar refractivity (Wildman–Crippen MR) is 236 cm³/mol. The average molecular weight is 912 g/mol. The Morgan fingerprint density at radius 2 is 1.17 bits per heavy atom. The van der Waals surface area contributed by atoms with Crippen LogP contribution in [0.1, 0.15) is 166 Å². The number of hydrogen-bond donors (Lipinski definition) is 3.